The number of nitrogens with one attached hydrogen (secondary N) is 1. The molecule has 0 bridgehead atoms. The van der Waals surface area contributed by atoms with Gasteiger partial charge in [0.1, 0.15) is 0 Å². The molecule has 0 radical (unpaired) electrons. The Kier molecular flexibility index (Phi) is 5.28. The van der Waals surface area contributed by atoms with Gasteiger partial charge in [0.2, 0.25) is 5.95 Å². The molecule has 21 heavy (non-hydrogen) atoms. The minimum Gasteiger partial charge on any atom is -0.314 e. The van der Waals surface area contributed by atoms with E-state index in [2.05, 4.69) is 54.3 Å². The Morgan fingerprint density at radius 3 is 2.52 bits per heavy atom. The summed E-state index contributed by atoms with van der Waals surface area (Å²) in [6.07, 6.45) is 3.78. The Balaban J connectivity index is 2.01. The molecule has 0 saturated heterocycles. The summed E-state index contributed by atoms with van der Waals surface area (Å²) in [6.45, 7) is 8.30. The molecule has 0 aliphatic rings. The van der Waals surface area contributed by atoms with Gasteiger partial charge < -0.3 is 10.2 Å². The molecule has 0 unspecified atom stereocenters. The summed E-state index contributed by atoms with van der Waals surface area (Å²) in [5, 5.41) is 3.40. The SMILES string of the molecule is Cc1cccc(N(C)c2ncc(CNCC(C)C)cn2)c1. The van der Waals surface area contributed by atoms with E-state index in [1.165, 1.54) is 5.56 Å². The van der Waals surface area contributed by atoms with Crippen LogP contribution in [0, 0.1) is 12.8 Å². The number of aromatic nitrogens is 2. The smallest absolute Gasteiger partial charge is 0.229 e. The molecule has 4 nitrogen and oxygen atoms in total. The Hall–Kier alpha value is -1.94. The van der Waals surface area contributed by atoms with Crippen LogP contribution in [0.25, 0.3) is 0 Å². The third-order valence-electron chi connectivity index (χ3n) is 3.26. The molecule has 1 heterocycles. The zero-order valence-electron chi connectivity index (χ0n) is 13.3. The molecule has 1 aromatic carbocycles. The average molecular weight is 284 g/mol. The van der Waals surface area contributed by atoms with Gasteiger partial charge in [-0.15, -0.1) is 0 Å². The van der Waals surface area contributed by atoms with Gasteiger partial charge in [-0.3, -0.25) is 0 Å². The molecule has 1 N–H and O–H groups in total. The topological polar surface area (TPSA) is 41.1 Å². The van der Waals surface area contributed by atoms with Crippen LogP contribution in [0.3, 0.4) is 0 Å². The first-order valence-corrected chi connectivity index (χ1v) is 7.38. The van der Waals surface area contributed by atoms with Crippen LogP contribution in [-0.4, -0.2) is 23.6 Å². The molecule has 0 atom stereocenters. The highest BCUT2D eigenvalue weighted by molar-refractivity contribution is 5.56. The third kappa shape index (κ3) is 4.53. The first-order valence-electron chi connectivity index (χ1n) is 7.38. The fourth-order valence-corrected chi connectivity index (χ4v) is 2.07. The molecule has 0 saturated carbocycles. The van der Waals surface area contributed by atoms with Crippen LogP contribution >= 0.6 is 0 Å². The van der Waals surface area contributed by atoms with E-state index in [0.717, 1.165) is 24.3 Å². The number of benzene rings is 1. The highest BCUT2D eigenvalue weighted by Gasteiger charge is 2.07. The minimum atomic E-state index is 0.651. The van der Waals surface area contributed by atoms with Crippen LogP contribution in [0.1, 0.15) is 25.0 Å². The molecule has 4 heteroatoms. The van der Waals surface area contributed by atoms with Gasteiger partial charge in [0.15, 0.2) is 0 Å². The maximum absolute atomic E-state index is 4.46. The van der Waals surface area contributed by atoms with Gasteiger partial charge in [0.05, 0.1) is 0 Å². The monoisotopic (exact) mass is 284 g/mol. The lowest BCUT2D eigenvalue weighted by Crippen LogP contribution is -2.19. The van der Waals surface area contributed by atoms with E-state index in [4.69, 9.17) is 0 Å². The Bertz CT molecular complexity index is 563. The zero-order chi connectivity index (χ0) is 15.2. The Morgan fingerprint density at radius 2 is 1.90 bits per heavy atom. The van der Waals surface area contributed by atoms with Gasteiger partial charge in [-0.1, -0.05) is 26.0 Å². The molecule has 0 amide bonds. The maximum atomic E-state index is 4.46. The van der Waals surface area contributed by atoms with Crippen LogP contribution in [0.4, 0.5) is 11.6 Å². The van der Waals surface area contributed by atoms with Gasteiger partial charge in [-0.25, -0.2) is 9.97 Å². The zero-order valence-corrected chi connectivity index (χ0v) is 13.3. The number of aryl methyl sites for hydroxylation is 1. The fourth-order valence-electron chi connectivity index (χ4n) is 2.07. The summed E-state index contributed by atoms with van der Waals surface area (Å²) in [6, 6.07) is 8.32. The van der Waals surface area contributed by atoms with Crippen molar-refractivity contribution in [3.63, 3.8) is 0 Å². The van der Waals surface area contributed by atoms with Crippen LogP contribution in [0.15, 0.2) is 36.7 Å². The average Bonchev–Trinajstić information content (AvgIpc) is 2.47. The van der Waals surface area contributed by atoms with E-state index in [1.807, 2.05) is 30.4 Å². The largest absolute Gasteiger partial charge is 0.314 e. The molecule has 0 spiro atoms. The number of nitrogens with zero attached hydrogens (tertiary/aromatic N) is 3. The van der Waals surface area contributed by atoms with Crippen molar-refractivity contribution < 1.29 is 0 Å². The van der Waals surface area contributed by atoms with Gasteiger partial charge in [-0.05, 0) is 37.1 Å². The second kappa shape index (κ2) is 7.18. The van der Waals surface area contributed by atoms with Gasteiger partial charge in [0.25, 0.3) is 0 Å². The summed E-state index contributed by atoms with van der Waals surface area (Å²) in [4.78, 5) is 10.9. The summed E-state index contributed by atoms with van der Waals surface area (Å²) in [5.74, 6) is 1.37. The van der Waals surface area contributed by atoms with Crippen LogP contribution in [-0.2, 0) is 6.54 Å². The molecule has 0 fully saturated rings. The van der Waals surface area contributed by atoms with Gasteiger partial charge in [-0.2, -0.15) is 0 Å². The lowest BCUT2D eigenvalue weighted by Gasteiger charge is -2.17. The fraction of sp³-hybridized carbons (Fsp3) is 0.412. The Labute approximate surface area is 127 Å². The summed E-state index contributed by atoms with van der Waals surface area (Å²) < 4.78 is 0. The van der Waals surface area contributed by atoms with Gasteiger partial charge in [0, 0.05) is 37.2 Å². The van der Waals surface area contributed by atoms with Crippen molar-refractivity contribution in [3.05, 3.63) is 47.8 Å². The highest BCUT2D eigenvalue weighted by atomic mass is 15.2. The quantitative estimate of drug-likeness (QED) is 0.883. The summed E-state index contributed by atoms with van der Waals surface area (Å²) in [7, 11) is 1.99. The summed E-state index contributed by atoms with van der Waals surface area (Å²) in [5.41, 5.74) is 3.44. The first-order chi connectivity index (χ1) is 10.1. The molecule has 0 aliphatic heterocycles. The normalized spacial score (nSPS) is 10.9. The van der Waals surface area contributed by atoms with E-state index in [0.29, 0.717) is 11.9 Å². The predicted molar refractivity (Wildman–Crippen MR) is 87.8 cm³/mol. The lowest BCUT2D eigenvalue weighted by atomic mass is 10.2. The Morgan fingerprint density at radius 1 is 1.19 bits per heavy atom. The van der Waals surface area contributed by atoms with Crippen molar-refractivity contribution in [2.24, 2.45) is 5.92 Å². The van der Waals surface area contributed by atoms with E-state index >= 15 is 0 Å². The second-order valence-corrected chi connectivity index (χ2v) is 5.81. The molecule has 2 aromatic rings. The maximum Gasteiger partial charge on any atom is 0.229 e. The van der Waals surface area contributed by atoms with Crippen LogP contribution in [0.2, 0.25) is 0 Å². The van der Waals surface area contributed by atoms with Crippen LogP contribution in [0.5, 0.6) is 0 Å². The minimum absolute atomic E-state index is 0.651. The number of hydrogen-bond donors (Lipinski definition) is 1. The standard InChI is InChI=1S/C17H24N4/c1-13(2)9-18-10-15-11-19-17(20-12-15)21(4)16-7-5-6-14(3)8-16/h5-8,11-13,18H,9-10H2,1-4H3. The van der Waals surface area contributed by atoms with Crippen molar-refractivity contribution in [2.75, 3.05) is 18.5 Å². The van der Waals surface area contributed by atoms with Crippen molar-refractivity contribution >= 4 is 11.6 Å². The van der Waals surface area contributed by atoms with E-state index in [1.54, 1.807) is 0 Å². The van der Waals surface area contributed by atoms with Crippen molar-refractivity contribution in [3.8, 4) is 0 Å². The molecular weight excluding hydrogens is 260 g/mol. The van der Waals surface area contributed by atoms with Crippen LogP contribution < -0.4 is 10.2 Å². The van der Waals surface area contributed by atoms with Crippen molar-refractivity contribution in [1.82, 2.24) is 15.3 Å². The molecule has 1 aromatic heterocycles. The second-order valence-electron chi connectivity index (χ2n) is 5.81. The number of anilines is 2. The number of hydrogen-bond acceptors (Lipinski definition) is 4. The predicted octanol–water partition coefficient (Wildman–Crippen LogP) is 3.30. The van der Waals surface area contributed by atoms with Gasteiger partial charge >= 0.3 is 0 Å². The van der Waals surface area contributed by atoms with E-state index in [9.17, 15) is 0 Å². The summed E-state index contributed by atoms with van der Waals surface area (Å²) >= 11 is 0. The third-order valence-corrected chi connectivity index (χ3v) is 3.26. The molecule has 112 valence electrons. The molecule has 0 aliphatic carbocycles. The van der Waals surface area contributed by atoms with Crippen molar-refractivity contribution in [2.45, 2.75) is 27.3 Å². The lowest BCUT2D eigenvalue weighted by molar-refractivity contribution is 0.551. The molecule has 2 rings (SSSR count). The first kappa shape index (κ1) is 15.4. The molecular formula is C17H24N4. The van der Waals surface area contributed by atoms with E-state index < -0.39 is 0 Å². The van der Waals surface area contributed by atoms with E-state index in [-0.39, 0.29) is 0 Å². The highest BCUT2D eigenvalue weighted by Crippen LogP contribution is 2.20. The van der Waals surface area contributed by atoms with Crippen molar-refractivity contribution in [1.29, 1.82) is 0 Å². The number of rotatable bonds is 6.